The van der Waals surface area contributed by atoms with Crippen LogP contribution in [0.3, 0.4) is 0 Å². The summed E-state index contributed by atoms with van der Waals surface area (Å²) >= 11 is 0. The number of nitrogens with two attached hydrogens (primary N) is 1. The Kier molecular flexibility index (Phi) is 3.38. The standard InChI is InChI=1S/C4H8N2O3/c1-3(7)9-6-4(8)2-5/h2,5H2,1H3,(H,6,8). The first kappa shape index (κ1) is 7.90. The summed E-state index contributed by atoms with van der Waals surface area (Å²) in [6.07, 6.45) is 0. The third-order valence-electron chi connectivity index (χ3n) is 0.494. The minimum absolute atomic E-state index is 0.187. The summed E-state index contributed by atoms with van der Waals surface area (Å²) in [5, 5.41) is 0. The van der Waals surface area contributed by atoms with Crippen molar-refractivity contribution in [2.24, 2.45) is 5.73 Å². The second-order valence-corrected chi connectivity index (χ2v) is 1.32. The molecule has 3 N–H and O–H groups in total. The zero-order valence-electron chi connectivity index (χ0n) is 5.01. The summed E-state index contributed by atoms with van der Waals surface area (Å²) in [6, 6.07) is 0. The molecule has 0 aromatic rings. The summed E-state index contributed by atoms with van der Waals surface area (Å²) in [4.78, 5) is 24.3. The molecule has 0 aliphatic rings. The number of nitrogens with one attached hydrogen (secondary N) is 1. The molecule has 0 spiro atoms. The van der Waals surface area contributed by atoms with Gasteiger partial charge in [-0.3, -0.25) is 9.59 Å². The summed E-state index contributed by atoms with van der Waals surface area (Å²) in [5.74, 6) is -1.10. The van der Waals surface area contributed by atoms with Gasteiger partial charge in [0.25, 0.3) is 5.91 Å². The van der Waals surface area contributed by atoms with Gasteiger partial charge in [0.1, 0.15) is 0 Å². The molecule has 0 fully saturated rings. The van der Waals surface area contributed by atoms with Crippen molar-refractivity contribution in [3.8, 4) is 0 Å². The predicted octanol–water partition coefficient (Wildman–Crippen LogP) is -1.46. The fraction of sp³-hybridized carbons (Fsp3) is 0.500. The van der Waals surface area contributed by atoms with Crippen LogP contribution in [-0.2, 0) is 14.4 Å². The first-order chi connectivity index (χ1) is 4.16. The van der Waals surface area contributed by atoms with Crippen LogP contribution in [0.1, 0.15) is 6.92 Å². The van der Waals surface area contributed by atoms with E-state index >= 15 is 0 Å². The Balaban J connectivity index is 3.28. The minimum Gasteiger partial charge on any atom is -0.341 e. The number of amides is 1. The van der Waals surface area contributed by atoms with Crippen LogP contribution in [0.15, 0.2) is 0 Å². The second kappa shape index (κ2) is 3.85. The van der Waals surface area contributed by atoms with E-state index in [9.17, 15) is 9.59 Å². The van der Waals surface area contributed by atoms with Crippen LogP contribution < -0.4 is 11.2 Å². The SMILES string of the molecule is CC(=O)ONC(=O)CN. The van der Waals surface area contributed by atoms with E-state index < -0.39 is 11.9 Å². The average molecular weight is 132 g/mol. The monoisotopic (exact) mass is 132 g/mol. The molecule has 0 saturated heterocycles. The third kappa shape index (κ3) is 4.76. The van der Waals surface area contributed by atoms with Gasteiger partial charge < -0.3 is 10.6 Å². The van der Waals surface area contributed by atoms with Crippen molar-refractivity contribution < 1.29 is 14.4 Å². The lowest BCUT2D eigenvalue weighted by atomic mass is 10.7. The summed E-state index contributed by atoms with van der Waals surface area (Å²) in [7, 11) is 0. The van der Waals surface area contributed by atoms with Crippen LogP contribution in [-0.4, -0.2) is 18.4 Å². The number of carbonyl (C=O) groups excluding carboxylic acids is 2. The quantitative estimate of drug-likeness (QED) is 0.427. The van der Waals surface area contributed by atoms with Gasteiger partial charge in [-0.05, 0) is 0 Å². The number of hydroxylamine groups is 1. The van der Waals surface area contributed by atoms with Gasteiger partial charge in [-0.2, -0.15) is 5.48 Å². The maximum absolute atomic E-state index is 10.2. The van der Waals surface area contributed by atoms with E-state index in [1.54, 1.807) is 0 Å². The zero-order valence-corrected chi connectivity index (χ0v) is 5.01. The largest absolute Gasteiger partial charge is 0.341 e. The molecular formula is C4H8N2O3. The van der Waals surface area contributed by atoms with Gasteiger partial charge in [0.05, 0.1) is 6.54 Å². The van der Waals surface area contributed by atoms with Crippen LogP contribution in [0.5, 0.6) is 0 Å². The molecule has 0 unspecified atom stereocenters. The van der Waals surface area contributed by atoms with Crippen molar-refractivity contribution >= 4 is 11.9 Å². The number of hydrogen-bond donors (Lipinski definition) is 2. The van der Waals surface area contributed by atoms with E-state index in [1.165, 1.54) is 6.92 Å². The Morgan fingerprint density at radius 1 is 1.67 bits per heavy atom. The second-order valence-electron chi connectivity index (χ2n) is 1.32. The Hall–Kier alpha value is -1.10. The molecule has 9 heavy (non-hydrogen) atoms. The van der Waals surface area contributed by atoms with Gasteiger partial charge in [0, 0.05) is 6.92 Å². The molecule has 0 atom stereocenters. The topological polar surface area (TPSA) is 81.4 Å². The molecule has 1 amide bonds. The fourth-order valence-electron chi connectivity index (χ4n) is 0.170. The van der Waals surface area contributed by atoms with Crippen molar-refractivity contribution in [1.29, 1.82) is 0 Å². The first-order valence-corrected chi connectivity index (χ1v) is 2.33. The average Bonchev–Trinajstić information content (AvgIpc) is 1.83. The van der Waals surface area contributed by atoms with Gasteiger partial charge in [0.15, 0.2) is 0 Å². The molecule has 0 aliphatic carbocycles. The van der Waals surface area contributed by atoms with Gasteiger partial charge >= 0.3 is 5.97 Å². The Morgan fingerprint density at radius 2 is 2.22 bits per heavy atom. The smallest absolute Gasteiger partial charge is 0.329 e. The highest BCUT2D eigenvalue weighted by atomic mass is 16.7. The highest BCUT2D eigenvalue weighted by Gasteiger charge is 1.96. The molecule has 0 aliphatic heterocycles. The lowest BCUT2D eigenvalue weighted by molar-refractivity contribution is -0.155. The van der Waals surface area contributed by atoms with Crippen LogP contribution >= 0.6 is 0 Å². The predicted molar refractivity (Wildman–Crippen MR) is 29.0 cm³/mol. The molecule has 0 radical (unpaired) electrons. The Labute approximate surface area is 52.1 Å². The number of carbonyl (C=O) groups is 2. The first-order valence-electron chi connectivity index (χ1n) is 2.33. The molecule has 52 valence electrons. The van der Waals surface area contributed by atoms with Crippen LogP contribution in [0.2, 0.25) is 0 Å². The molecule has 5 nitrogen and oxygen atoms in total. The van der Waals surface area contributed by atoms with Crippen molar-refractivity contribution in [2.75, 3.05) is 6.54 Å². The third-order valence-corrected chi connectivity index (χ3v) is 0.494. The van der Waals surface area contributed by atoms with Gasteiger partial charge in [0.2, 0.25) is 0 Å². The maximum Gasteiger partial charge on any atom is 0.329 e. The van der Waals surface area contributed by atoms with Crippen molar-refractivity contribution in [3.05, 3.63) is 0 Å². The van der Waals surface area contributed by atoms with E-state index in [0.29, 0.717) is 0 Å². The molecule has 0 aromatic heterocycles. The molecule has 0 rings (SSSR count). The zero-order chi connectivity index (χ0) is 7.28. The molecule has 5 heteroatoms. The minimum atomic E-state index is -0.572. The fourth-order valence-corrected chi connectivity index (χ4v) is 0.170. The Morgan fingerprint density at radius 3 is 2.56 bits per heavy atom. The normalized spacial score (nSPS) is 8.22. The molecule has 0 heterocycles. The van der Waals surface area contributed by atoms with E-state index in [2.05, 4.69) is 4.84 Å². The van der Waals surface area contributed by atoms with Crippen molar-refractivity contribution in [1.82, 2.24) is 5.48 Å². The van der Waals surface area contributed by atoms with E-state index in [-0.39, 0.29) is 6.54 Å². The summed E-state index contributed by atoms with van der Waals surface area (Å²) in [6.45, 7) is 0.990. The molecule has 0 saturated carbocycles. The van der Waals surface area contributed by atoms with Crippen LogP contribution in [0, 0.1) is 0 Å². The van der Waals surface area contributed by atoms with E-state index in [4.69, 9.17) is 5.73 Å². The molecule has 0 bridgehead atoms. The lowest BCUT2D eigenvalue weighted by Gasteiger charge is -1.98. The van der Waals surface area contributed by atoms with Crippen LogP contribution in [0.25, 0.3) is 0 Å². The van der Waals surface area contributed by atoms with E-state index in [1.807, 2.05) is 5.48 Å². The molecule has 0 aromatic carbocycles. The number of rotatable bonds is 1. The summed E-state index contributed by atoms with van der Waals surface area (Å²) in [5.41, 5.74) is 6.67. The van der Waals surface area contributed by atoms with E-state index in [0.717, 1.165) is 0 Å². The maximum atomic E-state index is 10.2. The van der Waals surface area contributed by atoms with Crippen molar-refractivity contribution in [2.45, 2.75) is 6.92 Å². The molecular weight excluding hydrogens is 124 g/mol. The summed E-state index contributed by atoms with van der Waals surface area (Å²) < 4.78 is 0. The van der Waals surface area contributed by atoms with Crippen molar-refractivity contribution in [3.63, 3.8) is 0 Å². The highest BCUT2D eigenvalue weighted by molar-refractivity contribution is 5.78. The van der Waals surface area contributed by atoms with Gasteiger partial charge in [-0.1, -0.05) is 0 Å². The Bertz CT molecular complexity index is 123. The number of hydrogen-bond acceptors (Lipinski definition) is 4. The lowest BCUT2D eigenvalue weighted by Crippen LogP contribution is -2.31. The van der Waals surface area contributed by atoms with Gasteiger partial charge in [-0.25, -0.2) is 0 Å². The van der Waals surface area contributed by atoms with Crippen LogP contribution in [0.4, 0.5) is 0 Å². The highest BCUT2D eigenvalue weighted by Crippen LogP contribution is 1.67. The van der Waals surface area contributed by atoms with Gasteiger partial charge in [-0.15, -0.1) is 0 Å².